The molecule has 0 aliphatic heterocycles. The summed E-state index contributed by atoms with van der Waals surface area (Å²) in [6.45, 7) is 4.31. The summed E-state index contributed by atoms with van der Waals surface area (Å²) >= 11 is 0. The number of hydrogen-bond acceptors (Lipinski definition) is 2. The van der Waals surface area contributed by atoms with E-state index in [2.05, 4.69) is 12.2 Å². The summed E-state index contributed by atoms with van der Waals surface area (Å²) in [5, 5.41) is 3.03. The van der Waals surface area contributed by atoms with E-state index in [4.69, 9.17) is 5.73 Å². The minimum atomic E-state index is -0.121. The number of amides is 1. The zero-order chi connectivity index (χ0) is 9.90. The van der Waals surface area contributed by atoms with Gasteiger partial charge in [-0.3, -0.25) is 4.79 Å². The molecule has 76 valence electrons. The van der Waals surface area contributed by atoms with Gasteiger partial charge in [0.2, 0.25) is 5.91 Å². The zero-order valence-corrected chi connectivity index (χ0v) is 8.60. The second-order valence-corrected chi connectivity index (χ2v) is 4.19. The van der Waals surface area contributed by atoms with Crippen LogP contribution in [0.5, 0.6) is 0 Å². The highest BCUT2D eigenvalue weighted by atomic mass is 16.1. The number of nitrogens with one attached hydrogen (secondary N) is 1. The molecule has 0 aromatic carbocycles. The predicted molar refractivity (Wildman–Crippen MR) is 53.2 cm³/mol. The van der Waals surface area contributed by atoms with Crippen LogP contribution in [0.4, 0.5) is 0 Å². The average molecular weight is 184 g/mol. The van der Waals surface area contributed by atoms with Crippen LogP contribution in [-0.4, -0.2) is 18.0 Å². The van der Waals surface area contributed by atoms with Gasteiger partial charge in [0.1, 0.15) is 0 Å². The SMILES string of the molecule is CC(=O)NC1(CN)CCCCC1C. The lowest BCUT2D eigenvalue weighted by Gasteiger charge is -2.42. The molecule has 1 amide bonds. The van der Waals surface area contributed by atoms with E-state index in [1.54, 1.807) is 6.92 Å². The van der Waals surface area contributed by atoms with Crippen molar-refractivity contribution in [2.75, 3.05) is 6.54 Å². The molecule has 0 radical (unpaired) electrons. The first-order chi connectivity index (χ1) is 6.10. The maximum absolute atomic E-state index is 11.1. The predicted octanol–water partition coefficient (Wildman–Crippen LogP) is 1.03. The fourth-order valence-electron chi connectivity index (χ4n) is 2.30. The molecule has 3 N–H and O–H groups in total. The van der Waals surface area contributed by atoms with E-state index in [1.165, 1.54) is 19.3 Å². The summed E-state index contributed by atoms with van der Waals surface area (Å²) in [6.07, 6.45) is 4.66. The highest BCUT2D eigenvalue weighted by Crippen LogP contribution is 2.32. The van der Waals surface area contributed by atoms with Crippen molar-refractivity contribution < 1.29 is 4.79 Å². The number of carbonyl (C=O) groups is 1. The lowest BCUT2D eigenvalue weighted by Crippen LogP contribution is -2.58. The van der Waals surface area contributed by atoms with E-state index >= 15 is 0 Å². The molecule has 0 saturated heterocycles. The second kappa shape index (κ2) is 4.09. The van der Waals surface area contributed by atoms with Crippen molar-refractivity contribution in [1.29, 1.82) is 0 Å². The molecule has 1 aliphatic rings. The first-order valence-corrected chi connectivity index (χ1v) is 5.09. The Morgan fingerprint density at radius 1 is 1.62 bits per heavy atom. The number of hydrogen-bond donors (Lipinski definition) is 2. The fraction of sp³-hybridized carbons (Fsp3) is 0.900. The monoisotopic (exact) mass is 184 g/mol. The molecule has 0 heterocycles. The van der Waals surface area contributed by atoms with Crippen LogP contribution < -0.4 is 11.1 Å². The quantitative estimate of drug-likeness (QED) is 0.673. The number of nitrogens with two attached hydrogens (primary N) is 1. The summed E-state index contributed by atoms with van der Waals surface area (Å²) in [6, 6.07) is 0. The molecule has 1 saturated carbocycles. The summed E-state index contributed by atoms with van der Waals surface area (Å²) in [5.74, 6) is 0.550. The van der Waals surface area contributed by atoms with Crippen LogP contribution in [0.15, 0.2) is 0 Å². The van der Waals surface area contributed by atoms with Gasteiger partial charge in [-0.2, -0.15) is 0 Å². The Balaban J connectivity index is 2.69. The van der Waals surface area contributed by atoms with E-state index in [1.807, 2.05) is 0 Å². The van der Waals surface area contributed by atoms with Crippen LogP contribution in [0.1, 0.15) is 39.5 Å². The molecule has 3 nitrogen and oxygen atoms in total. The van der Waals surface area contributed by atoms with Gasteiger partial charge in [0, 0.05) is 13.5 Å². The Bertz CT molecular complexity index is 193. The van der Waals surface area contributed by atoms with Crippen molar-refractivity contribution in [2.24, 2.45) is 11.7 Å². The Kier molecular flexibility index (Phi) is 3.31. The Morgan fingerprint density at radius 3 is 2.77 bits per heavy atom. The second-order valence-electron chi connectivity index (χ2n) is 4.19. The van der Waals surface area contributed by atoms with Crippen LogP contribution in [0, 0.1) is 5.92 Å². The topological polar surface area (TPSA) is 55.1 Å². The Hall–Kier alpha value is -0.570. The van der Waals surface area contributed by atoms with Gasteiger partial charge in [0.05, 0.1) is 5.54 Å². The highest BCUT2D eigenvalue weighted by Gasteiger charge is 2.37. The first-order valence-electron chi connectivity index (χ1n) is 5.09. The third-order valence-corrected chi connectivity index (χ3v) is 3.24. The normalized spacial score (nSPS) is 34.2. The number of rotatable bonds is 2. The lowest BCUT2D eigenvalue weighted by atomic mass is 9.73. The highest BCUT2D eigenvalue weighted by molar-refractivity contribution is 5.74. The van der Waals surface area contributed by atoms with Crippen LogP contribution >= 0.6 is 0 Å². The van der Waals surface area contributed by atoms with Gasteiger partial charge in [0.25, 0.3) is 0 Å². The molecule has 3 heteroatoms. The smallest absolute Gasteiger partial charge is 0.217 e. The molecule has 1 rings (SSSR count). The number of carbonyl (C=O) groups excluding carboxylic acids is 1. The van der Waals surface area contributed by atoms with Gasteiger partial charge < -0.3 is 11.1 Å². The molecule has 2 atom stereocenters. The third-order valence-electron chi connectivity index (χ3n) is 3.24. The Labute approximate surface area is 80.1 Å². The van der Waals surface area contributed by atoms with Crippen LogP contribution in [0.2, 0.25) is 0 Å². The van der Waals surface area contributed by atoms with Crippen molar-refractivity contribution in [1.82, 2.24) is 5.32 Å². The largest absolute Gasteiger partial charge is 0.349 e. The molecule has 0 bridgehead atoms. The van der Waals surface area contributed by atoms with E-state index in [0.717, 1.165) is 6.42 Å². The summed E-state index contributed by atoms with van der Waals surface area (Å²) in [5.41, 5.74) is 5.64. The van der Waals surface area contributed by atoms with Crippen molar-refractivity contribution in [2.45, 2.75) is 45.1 Å². The van der Waals surface area contributed by atoms with Crippen LogP contribution in [-0.2, 0) is 4.79 Å². The van der Waals surface area contributed by atoms with Gasteiger partial charge in [0.15, 0.2) is 0 Å². The molecule has 1 fully saturated rings. The fourth-order valence-corrected chi connectivity index (χ4v) is 2.30. The molecule has 1 aliphatic carbocycles. The van der Waals surface area contributed by atoms with Gasteiger partial charge >= 0.3 is 0 Å². The van der Waals surface area contributed by atoms with Gasteiger partial charge in [-0.15, -0.1) is 0 Å². The third kappa shape index (κ3) is 2.21. The minimum Gasteiger partial charge on any atom is -0.349 e. The van der Waals surface area contributed by atoms with E-state index in [9.17, 15) is 4.79 Å². The van der Waals surface area contributed by atoms with Crippen LogP contribution in [0.25, 0.3) is 0 Å². The molecule has 13 heavy (non-hydrogen) atoms. The van der Waals surface area contributed by atoms with Crippen LogP contribution in [0.3, 0.4) is 0 Å². The van der Waals surface area contributed by atoms with Crippen molar-refractivity contribution >= 4 is 5.91 Å². The van der Waals surface area contributed by atoms with Gasteiger partial charge in [-0.25, -0.2) is 0 Å². The molecule has 0 spiro atoms. The Morgan fingerprint density at radius 2 is 2.31 bits per heavy atom. The summed E-state index contributed by atoms with van der Waals surface area (Å²) < 4.78 is 0. The molecule has 0 aromatic rings. The van der Waals surface area contributed by atoms with Crippen molar-refractivity contribution in [3.05, 3.63) is 0 Å². The maximum Gasteiger partial charge on any atom is 0.217 e. The maximum atomic E-state index is 11.1. The van der Waals surface area contributed by atoms with Gasteiger partial charge in [-0.05, 0) is 18.8 Å². The van der Waals surface area contributed by atoms with E-state index in [-0.39, 0.29) is 11.4 Å². The summed E-state index contributed by atoms with van der Waals surface area (Å²) in [7, 11) is 0. The summed E-state index contributed by atoms with van der Waals surface area (Å²) in [4.78, 5) is 11.1. The standard InChI is InChI=1S/C10H20N2O/c1-8-5-3-4-6-10(8,7-11)12-9(2)13/h8H,3-7,11H2,1-2H3,(H,12,13). The average Bonchev–Trinajstić information content (AvgIpc) is 2.08. The molecular formula is C10H20N2O. The lowest BCUT2D eigenvalue weighted by molar-refractivity contribution is -0.121. The molecular weight excluding hydrogens is 164 g/mol. The van der Waals surface area contributed by atoms with Crippen molar-refractivity contribution in [3.63, 3.8) is 0 Å². The molecule has 0 aromatic heterocycles. The molecule has 2 unspecified atom stereocenters. The van der Waals surface area contributed by atoms with E-state index in [0.29, 0.717) is 12.5 Å². The van der Waals surface area contributed by atoms with Gasteiger partial charge in [-0.1, -0.05) is 19.8 Å². The van der Waals surface area contributed by atoms with E-state index < -0.39 is 0 Å². The first kappa shape index (κ1) is 10.5. The minimum absolute atomic E-state index is 0.0409. The van der Waals surface area contributed by atoms with Crippen molar-refractivity contribution in [3.8, 4) is 0 Å². The zero-order valence-electron chi connectivity index (χ0n) is 8.60.